The van der Waals surface area contributed by atoms with E-state index in [4.69, 9.17) is 17.3 Å². The van der Waals surface area contributed by atoms with E-state index in [1.54, 1.807) is 28.9 Å². The molecule has 2 aromatic heterocycles. The third-order valence-corrected chi connectivity index (χ3v) is 4.56. The van der Waals surface area contributed by atoms with Gasteiger partial charge in [0, 0.05) is 16.1 Å². The van der Waals surface area contributed by atoms with E-state index in [9.17, 15) is 4.39 Å². The molecule has 0 saturated heterocycles. The molecule has 4 rings (SSSR count). The summed E-state index contributed by atoms with van der Waals surface area (Å²) in [5.74, 6) is 0.337. The highest BCUT2D eigenvalue weighted by atomic mass is 35.5. The number of hydrogen-bond acceptors (Lipinski definition) is 3. The number of nitrogens with zero attached hydrogens (tertiary/aromatic N) is 3. The number of alkyl halides is 1. The van der Waals surface area contributed by atoms with Crippen molar-refractivity contribution < 1.29 is 4.39 Å². The first-order valence-electron chi connectivity index (χ1n) is 8.13. The van der Waals surface area contributed by atoms with Gasteiger partial charge in [0.2, 0.25) is 0 Å². The maximum atomic E-state index is 13.8. The van der Waals surface area contributed by atoms with Crippen LogP contribution in [-0.4, -0.2) is 22.4 Å². The number of anilines is 1. The van der Waals surface area contributed by atoms with Crippen molar-refractivity contribution in [3.8, 4) is 22.3 Å². The normalized spacial score (nSPS) is 11.2. The molecule has 0 aliphatic carbocycles. The SMILES string of the molecule is Bc1cccc(-c2cnn3c(N)c(-c4cccc(Cl)c4)c(CF)nc23)c1. The van der Waals surface area contributed by atoms with E-state index in [0.29, 0.717) is 27.6 Å². The van der Waals surface area contributed by atoms with Crippen molar-refractivity contribution in [2.45, 2.75) is 6.67 Å². The van der Waals surface area contributed by atoms with Gasteiger partial charge in [-0.1, -0.05) is 53.5 Å². The van der Waals surface area contributed by atoms with E-state index in [0.717, 1.165) is 16.6 Å². The topological polar surface area (TPSA) is 56.2 Å². The second kappa shape index (κ2) is 6.46. The summed E-state index contributed by atoms with van der Waals surface area (Å²) in [6.45, 7) is -0.735. The number of hydrogen-bond donors (Lipinski definition) is 1. The third-order valence-electron chi connectivity index (χ3n) is 4.33. The molecule has 0 atom stereocenters. The minimum atomic E-state index is -0.735. The van der Waals surface area contributed by atoms with Crippen molar-refractivity contribution >= 4 is 36.4 Å². The zero-order valence-electron chi connectivity index (χ0n) is 14.1. The lowest BCUT2D eigenvalue weighted by atomic mass is 9.93. The lowest BCUT2D eigenvalue weighted by Crippen LogP contribution is -2.07. The Bertz CT molecular complexity index is 1130. The molecule has 2 N–H and O–H groups in total. The predicted octanol–water partition coefficient (Wildman–Crippen LogP) is 3.03. The maximum Gasteiger partial charge on any atom is 0.165 e. The van der Waals surface area contributed by atoms with Crippen molar-refractivity contribution in [1.82, 2.24) is 14.6 Å². The van der Waals surface area contributed by atoms with Crippen molar-refractivity contribution in [3.63, 3.8) is 0 Å². The Morgan fingerprint density at radius 2 is 1.88 bits per heavy atom. The van der Waals surface area contributed by atoms with Crippen molar-refractivity contribution in [3.05, 3.63) is 65.4 Å². The molecule has 0 aliphatic rings. The molecule has 2 aromatic carbocycles. The summed E-state index contributed by atoms with van der Waals surface area (Å²) in [6, 6.07) is 15.1. The Morgan fingerprint density at radius 1 is 1.12 bits per heavy atom. The molecule has 0 saturated carbocycles. The van der Waals surface area contributed by atoms with Crippen LogP contribution in [0.25, 0.3) is 27.9 Å². The molecule has 4 nitrogen and oxygen atoms in total. The number of rotatable bonds is 3. The van der Waals surface area contributed by atoms with Gasteiger partial charge >= 0.3 is 0 Å². The van der Waals surface area contributed by atoms with Crippen LogP contribution in [0.4, 0.5) is 10.2 Å². The van der Waals surface area contributed by atoms with Gasteiger partial charge in [-0.2, -0.15) is 9.61 Å². The highest BCUT2D eigenvalue weighted by molar-refractivity contribution is 6.32. The second-order valence-electron chi connectivity index (χ2n) is 6.13. The molecule has 2 heterocycles. The van der Waals surface area contributed by atoms with Crippen LogP contribution < -0.4 is 11.2 Å². The number of nitrogen functional groups attached to an aromatic ring is 1. The van der Waals surface area contributed by atoms with Crippen LogP contribution in [0.2, 0.25) is 5.02 Å². The molecule has 128 valence electrons. The quantitative estimate of drug-likeness (QED) is 0.569. The summed E-state index contributed by atoms with van der Waals surface area (Å²) in [7, 11) is 2.02. The summed E-state index contributed by atoms with van der Waals surface area (Å²) in [4.78, 5) is 4.53. The fourth-order valence-corrected chi connectivity index (χ4v) is 3.33. The molecule has 4 aromatic rings. The summed E-state index contributed by atoms with van der Waals surface area (Å²) < 4.78 is 15.4. The van der Waals surface area contributed by atoms with Crippen LogP contribution in [0.15, 0.2) is 54.7 Å². The van der Waals surface area contributed by atoms with Gasteiger partial charge in [-0.15, -0.1) is 0 Å². The van der Waals surface area contributed by atoms with Gasteiger partial charge in [0.05, 0.1) is 11.9 Å². The second-order valence-corrected chi connectivity index (χ2v) is 6.56. The molecule has 0 aliphatic heterocycles. The Labute approximate surface area is 155 Å². The van der Waals surface area contributed by atoms with Crippen LogP contribution in [0.1, 0.15) is 5.69 Å². The van der Waals surface area contributed by atoms with Gasteiger partial charge in [-0.05, 0) is 23.3 Å². The smallest absolute Gasteiger partial charge is 0.165 e. The van der Waals surface area contributed by atoms with E-state index in [2.05, 4.69) is 10.1 Å². The zero-order valence-corrected chi connectivity index (χ0v) is 14.8. The number of halogens is 2. The lowest BCUT2D eigenvalue weighted by Gasteiger charge is -2.12. The lowest BCUT2D eigenvalue weighted by molar-refractivity contribution is 0.477. The van der Waals surface area contributed by atoms with E-state index in [1.165, 1.54) is 0 Å². The van der Waals surface area contributed by atoms with E-state index < -0.39 is 6.67 Å². The summed E-state index contributed by atoms with van der Waals surface area (Å²) in [5, 5.41) is 4.93. The number of nitrogens with two attached hydrogens (primary N) is 1. The number of fused-ring (bicyclic) bond motifs is 1. The molecule has 26 heavy (non-hydrogen) atoms. The van der Waals surface area contributed by atoms with Crippen LogP contribution in [0, 0.1) is 0 Å². The summed E-state index contributed by atoms with van der Waals surface area (Å²) in [6.07, 6.45) is 1.71. The minimum Gasteiger partial charge on any atom is -0.383 e. The average molecular weight is 365 g/mol. The number of benzene rings is 2. The molecule has 0 spiro atoms. The molecule has 7 heteroatoms. The molecule has 0 amide bonds. The third kappa shape index (κ3) is 2.72. The standard InChI is InChI=1S/C19H15BClFN4/c20-13-5-1-3-11(7-13)15-10-24-26-18(23)17(16(9-22)25-19(15)26)12-4-2-6-14(21)8-12/h1-8,10H,9,20,23H2. The van der Waals surface area contributed by atoms with Gasteiger partial charge in [0.1, 0.15) is 20.3 Å². The summed E-state index contributed by atoms with van der Waals surface area (Å²) in [5.41, 5.74) is 11.3. The van der Waals surface area contributed by atoms with Gasteiger partial charge in [-0.25, -0.2) is 9.37 Å². The first kappa shape index (κ1) is 16.6. The first-order chi connectivity index (χ1) is 12.6. The van der Waals surface area contributed by atoms with E-state index >= 15 is 0 Å². The molecule has 0 fully saturated rings. The number of aromatic nitrogens is 3. The summed E-state index contributed by atoms with van der Waals surface area (Å²) >= 11 is 6.08. The van der Waals surface area contributed by atoms with Gasteiger partial charge in [0.15, 0.2) is 5.65 Å². The Hall–Kier alpha value is -2.86. The Balaban J connectivity index is 1.99. The van der Waals surface area contributed by atoms with Crippen LogP contribution in [0.5, 0.6) is 0 Å². The zero-order chi connectivity index (χ0) is 18.3. The highest BCUT2D eigenvalue weighted by Gasteiger charge is 2.19. The predicted molar refractivity (Wildman–Crippen MR) is 106 cm³/mol. The van der Waals surface area contributed by atoms with E-state index in [1.807, 2.05) is 38.2 Å². The Kier molecular flexibility index (Phi) is 4.13. The van der Waals surface area contributed by atoms with Gasteiger partial charge < -0.3 is 5.73 Å². The van der Waals surface area contributed by atoms with Crippen molar-refractivity contribution in [2.24, 2.45) is 0 Å². The fourth-order valence-electron chi connectivity index (χ4n) is 3.13. The average Bonchev–Trinajstić information content (AvgIpc) is 3.05. The molecule has 0 radical (unpaired) electrons. The van der Waals surface area contributed by atoms with Crippen LogP contribution >= 0.6 is 11.6 Å². The maximum absolute atomic E-state index is 13.8. The van der Waals surface area contributed by atoms with Crippen molar-refractivity contribution in [1.29, 1.82) is 0 Å². The van der Waals surface area contributed by atoms with Crippen LogP contribution in [0.3, 0.4) is 0 Å². The Morgan fingerprint density at radius 3 is 2.62 bits per heavy atom. The molecular weight excluding hydrogens is 350 g/mol. The monoisotopic (exact) mass is 364 g/mol. The minimum absolute atomic E-state index is 0.270. The van der Waals surface area contributed by atoms with E-state index in [-0.39, 0.29) is 5.69 Å². The van der Waals surface area contributed by atoms with Gasteiger partial charge in [0.25, 0.3) is 0 Å². The van der Waals surface area contributed by atoms with Crippen molar-refractivity contribution in [2.75, 3.05) is 5.73 Å². The molecule has 0 bridgehead atoms. The first-order valence-corrected chi connectivity index (χ1v) is 8.51. The largest absolute Gasteiger partial charge is 0.383 e. The molecular formula is C19H15BClFN4. The van der Waals surface area contributed by atoms with Crippen LogP contribution in [-0.2, 0) is 6.67 Å². The molecule has 0 unspecified atom stereocenters. The highest BCUT2D eigenvalue weighted by Crippen LogP contribution is 2.34. The fraction of sp³-hybridized carbons (Fsp3) is 0.0526. The van der Waals surface area contributed by atoms with Gasteiger partial charge in [-0.3, -0.25) is 0 Å².